The molecule has 0 aliphatic heterocycles. The van der Waals surface area contributed by atoms with E-state index in [4.69, 9.17) is 0 Å². The summed E-state index contributed by atoms with van der Waals surface area (Å²) in [5.41, 5.74) is 7.96. The van der Waals surface area contributed by atoms with Crippen molar-refractivity contribution >= 4 is 5.82 Å². The molecule has 1 aromatic heterocycles. The number of nitrogens with one attached hydrogen (secondary N) is 2. The number of rotatable bonds is 3. The van der Waals surface area contributed by atoms with E-state index >= 15 is 0 Å². The zero-order chi connectivity index (χ0) is 12.3. The number of allylic oxidation sites excluding steroid dienone is 2. The van der Waals surface area contributed by atoms with Crippen LogP contribution in [-0.2, 0) is 0 Å². The maximum absolute atomic E-state index is 4.22. The van der Waals surface area contributed by atoms with Crippen LogP contribution in [0.15, 0.2) is 36.2 Å². The highest BCUT2D eigenvalue weighted by molar-refractivity contribution is 5.33. The van der Waals surface area contributed by atoms with Gasteiger partial charge in [0.25, 0.3) is 0 Å². The lowest BCUT2D eigenvalue weighted by Crippen LogP contribution is -2.29. The molecule has 0 fully saturated rings. The number of pyridine rings is 1. The summed E-state index contributed by atoms with van der Waals surface area (Å²) in [6, 6.07) is 5.83. The molecule has 2 rings (SSSR count). The van der Waals surface area contributed by atoms with E-state index in [1.807, 2.05) is 18.2 Å². The van der Waals surface area contributed by atoms with Crippen molar-refractivity contribution in [3.63, 3.8) is 0 Å². The van der Waals surface area contributed by atoms with Crippen LogP contribution in [0.3, 0.4) is 0 Å². The first-order chi connectivity index (χ1) is 8.05. The lowest BCUT2D eigenvalue weighted by atomic mass is 9.76. The Balaban J connectivity index is 1.97. The van der Waals surface area contributed by atoms with Gasteiger partial charge in [-0.05, 0) is 36.3 Å². The van der Waals surface area contributed by atoms with E-state index in [-0.39, 0.29) is 5.41 Å². The Bertz CT molecular complexity index is 395. The Labute approximate surface area is 103 Å². The first kappa shape index (κ1) is 12.0. The van der Waals surface area contributed by atoms with E-state index in [1.54, 1.807) is 6.20 Å². The summed E-state index contributed by atoms with van der Waals surface area (Å²) in [7, 11) is 0. The van der Waals surface area contributed by atoms with E-state index in [0.717, 1.165) is 18.2 Å². The van der Waals surface area contributed by atoms with Crippen LogP contribution in [0.2, 0.25) is 0 Å². The van der Waals surface area contributed by atoms with Gasteiger partial charge in [0.1, 0.15) is 5.82 Å². The molecule has 3 nitrogen and oxygen atoms in total. The molecule has 0 bridgehead atoms. The lowest BCUT2D eigenvalue weighted by Gasteiger charge is -2.32. The van der Waals surface area contributed by atoms with Gasteiger partial charge in [-0.2, -0.15) is 0 Å². The third kappa shape index (κ3) is 3.48. The molecule has 17 heavy (non-hydrogen) atoms. The highest BCUT2D eigenvalue weighted by atomic mass is 15.4. The molecule has 1 aliphatic carbocycles. The Hall–Kier alpha value is -1.51. The highest BCUT2D eigenvalue weighted by Gasteiger charge is 2.25. The van der Waals surface area contributed by atoms with Crippen molar-refractivity contribution in [3.05, 3.63) is 36.2 Å². The molecule has 2 N–H and O–H groups in total. The molecule has 0 saturated carbocycles. The van der Waals surface area contributed by atoms with Crippen molar-refractivity contribution in [2.24, 2.45) is 11.3 Å². The van der Waals surface area contributed by atoms with E-state index in [0.29, 0.717) is 0 Å². The fourth-order valence-corrected chi connectivity index (χ4v) is 2.60. The van der Waals surface area contributed by atoms with E-state index in [2.05, 4.69) is 42.7 Å². The predicted molar refractivity (Wildman–Crippen MR) is 71.3 cm³/mol. The van der Waals surface area contributed by atoms with E-state index < -0.39 is 0 Å². The van der Waals surface area contributed by atoms with Crippen molar-refractivity contribution in [2.45, 2.75) is 33.6 Å². The fraction of sp³-hybridized carbons (Fsp3) is 0.500. The van der Waals surface area contributed by atoms with Gasteiger partial charge in [0.2, 0.25) is 0 Å². The molecular weight excluding hydrogens is 210 g/mol. The van der Waals surface area contributed by atoms with E-state index in [1.165, 1.54) is 12.1 Å². The van der Waals surface area contributed by atoms with Gasteiger partial charge in [-0.3, -0.25) is 5.43 Å². The maximum atomic E-state index is 4.22. The molecule has 1 heterocycles. The van der Waals surface area contributed by atoms with Crippen molar-refractivity contribution in [2.75, 3.05) is 5.43 Å². The molecule has 0 spiro atoms. The van der Waals surface area contributed by atoms with E-state index in [9.17, 15) is 0 Å². The Morgan fingerprint density at radius 1 is 1.29 bits per heavy atom. The second kappa shape index (κ2) is 4.78. The number of nitrogens with zero attached hydrogens (tertiary/aromatic N) is 1. The quantitative estimate of drug-likeness (QED) is 0.783. The number of hydrazine groups is 1. The normalized spacial score (nSPS) is 22.8. The monoisotopic (exact) mass is 231 g/mol. The van der Waals surface area contributed by atoms with Gasteiger partial charge < -0.3 is 5.43 Å². The summed E-state index contributed by atoms with van der Waals surface area (Å²) in [6.45, 7) is 6.87. The topological polar surface area (TPSA) is 37.0 Å². The third-order valence-electron chi connectivity index (χ3n) is 3.02. The van der Waals surface area contributed by atoms with Crippen LogP contribution in [0, 0.1) is 11.3 Å². The molecular formula is C14H21N3. The molecule has 3 heteroatoms. The average Bonchev–Trinajstić information content (AvgIpc) is 2.25. The average molecular weight is 231 g/mol. The molecule has 0 aromatic carbocycles. The lowest BCUT2D eigenvalue weighted by molar-refractivity contribution is 0.316. The van der Waals surface area contributed by atoms with Crippen molar-refractivity contribution < 1.29 is 0 Å². The van der Waals surface area contributed by atoms with Crippen LogP contribution in [0.4, 0.5) is 5.82 Å². The van der Waals surface area contributed by atoms with Crippen LogP contribution in [0.25, 0.3) is 0 Å². The number of hydrogen-bond donors (Lipinski definition) is 2. The van der Waals surface area contributed by atoms with Crippen LogP contribution >= 0.6 is 0 Å². The largest absolute Gasteiger partial charge is 0.304 e. The van der Waals surface area contributed by atoms with Crippen LogP contribution in [0.1, 0.15) is 33.6 Å². The molecule has 0 unspecified atom stereocenters. The minimum Gasteiger partial charge on any atom is -0.304 e. The maximum Gasteiger partial charge on any atom is 0.144 e. The summed E-state index contributed by atoms with van der Waals surface area (Å²) < 4.78 is 0. The van der Waals surface area contributed by atoms with Gasteiger partial charge in [0.15, 0.2) is 0 Å². The molecule has 0 radical (unpaired) electrons. The van der Waals surface area contributed by atoms with Crippen molar-refractivity contribution in [1.29, 1.82) is 0 Å². The summed E-state index contributed by atoms with van der Waals surface area (Å²) in [4.78, 5) is 4.22. The zero-order valence-corrected chi connectivity index (χ0v) is 10.8. The SMILES string of the molecule is C[C@H]1CC(NNc2ccccn2)=CC(C)(C)C1. The van der Waals surface area contributed by atoms with Gasteiger partial charge in [0, 0.05) is 11.9 Å². The number of anilines is 1. The van der Waals surface area contributed by atoms with Crippen LogP contribution in [0.5, 0.6) is 0 Å². The first-order valence-electron chi connectivity index (χ1n) is 6.20. The number of hydrogen-bond acceptors (Lipinski definition) is 3. The van der Waals surface area contributed by atoms with Gasteiger partial charge >= 0.3 is 0 Å². The number of aromatic nitrogens is 1. The molecule has 92 valence electrons. The van der Waals surface area contributed by atoms with Gasteiger partial charge in [0.05, 0.1) is 0 Å². The van der Waals surface area contributed by atoms with Gasteiger partial charge in [-0.15, -0.1) is 0 Å². The summed E-state index contributed by atoms with van der Waals surface area (Å²) in [5.74, 6) is 1.58. The van der Waals surface area contributed by atoms with Gasteiger partial charge in [-0.1, -0.05) is 32.9 Å². The summed E-state index contributed by atoms with van der Waals surface area (Å²) in [5, 5.41) is 0. The molecule has 0 saturated heterocycles. The smallest absolute Gasteiger partial charge is 0.144 e. The van der Waals surface area contributed by atoms with Crippen molar-refractivity contribution in [3.8, 4) is 0 Å². The Morgan fingerprint density at radius 3 is 2.76 bits per heavy atom. The Kier molecular flexibility index (Phi) is 3.36. The molecule has 1 aromatic rings. The second-order valence-electron chi connectivity index (χ2n) is 5.64. The molecule has 1 atom stereocenters. The third-order valence-corrected chi connectivity index (χ3v) is 3.02. The molecule has 0 amide bonds. The molecule has 1 aliphatic rings. The summed E-state index contributed by atoms with van der Waals surface area (Å²) >= 11 is 0. The second-order valence-corrected chi connectivity index (χ2v) is 5.64. The Morgan fingerprint density at radius 2 is 2.12 bits per heavy atom. The minimum atomic E-state index is 0.284. The fourth-order valence-electron chi connectivity index (χ4n) is 2.60. The standard InChI is InChI=1S/C14H21N3/c1-11-8-12(10-14(2,3)9-11)16-17-13-6-4-5-7-15-13/h4-7,10-11,16H,8-9H2,1-3H3,(H,15,17)/t11-/m0/s1. The van der Waals surface area contributed by atoms with Crippen molar-refractivity contribution in [1.82, 2.24) is 10.4 Å². The van der Waals surface area contributed by atoms with Gasteiger partial charge in [-0.25, -0.2) is 4.98 Å². The summed E-state index contributed by atoms with van der Waals surface area (Å²) in [6.07, 6.45) is 6.46. The predicted octanol–water partition coefficient (Wildman–Crippen LogP) is 3.34. The highest BCUT2D eigenvalue weighted by Crippen LogP contribution is 2.35. The first-order valence-corrected chi connectivity index (χ1v) is 6.20. The zero-order valence-electron chi connectivity index (χ0n) is 10.8. The van der Waals surface area contributed by atoms with Crippen LogP contribution < -0.4 is 10.9 Å². The van der Waals surface area contributed by atoms with Crippen LogP contribution in [-0.4, -0.2) is 4.98 Å². The minimum absolute atomic E-state index is 0.284.